The highest BCUT2D eigenvalue weighted by atomic mass is 14.9. The molecule has 0 aliphatic carbocycles. The molecule has 1 aromatic carbocycles. The number of allylic oxidation sites excluding steroid dienone is 5. The van der Waals surface area contributed by atoms with Crippen LogP contribution in [0.25, 0.3) is 11.3 Å². The molecule has 0 radical (unpaired) electrons. The first-order valence-electron chi connectivity index (χ1n) is 15.2. The molecule has 2 rings (SSSR count). The Balaban J connectivity index is 0. The van der Waals surface area contributed by atoms with Crippen molar-refractivity contribution in [3.8, 4) is 0 Å². The lowest BCUT2D eigenvalue weighted by atomic mass is 9.89. The van der Waals surface area contributed by atoms with Crippen LogP contribution in [0, 0.1) is 10.8 Å². The van der Waals surface area contributed by atoms with Crippen LogP contribution in [0.4, 0.5) is 0 Å². The van der Waals surface area contributed by atoms with Gasteiger partial charge in [0.2, 0.25) is 0 Å². The fourth-order valence-electron chi connectivity index (χ4n) is 4.73. The molecule has 0 saturated heterocycles. The standard InChI is InChI=1S/C29H41N3.C8H16.C2H4.CH4/c1-21(11-9-8-10-18-31-22(2)19-29(5,6)7)12-17-28-23(3)27(20-32-28)26-15-13-25(14-16-26)24(4)30;1-7(2)6-8(3,4)5;1-2;/h12-17,20,28,31H,1-2,4,8-11,18-19,30H2,3,5-7H3;1,6H2,2-5H3;1-2H2;1H4/b17-12-;;;. The lowest BCUT2D eigenvalue weighted by Gasteiger charge is -2.20. The molecule has 1 unspecified atom stereocenters. The summed E-state index contributed by atoms with van der Waals surface area (Å²) in [7, 11) is 0. The van der Waals surface area contributed by atoms with Gasteiger partial charge in [-0.2, -0.15) is 0 Å². The van der Waals surface area contributed by atoms with Crippen molar-refractivity contribution < 1.29 is 0 Å². The SMILES string of the molecule is C.C=C.C=C(/C=C\C1N=CC(c2ccc(C(=C)N)cc2)=C1C)CCCCCNC(=C)CC(C)(C)C.C=C(C)CC(C)(C)C. The Morgan fingerprint density at radius 3 is 1.93 bits per heavy atom. The largest absolute Gasteiger partial charge is 0.399 e. The second kappa shape index (κ2) is 20.6. The maximum absolute atomic E-state index is 5.77. The van der Waals surface area contributed by atoms with Crippen molar-refractivity contribution in [2.24, 2.45) is 21.6 Å². The normalized spacial score (nSPS) is 14.2. The van der Waals surface area contributed by atoms with Crippen molar-refractivity contribution >= 4 is 17.5 Å². The molecular formula is C40H65N3. The number of benzene rings is 1. The Morgan fingerprint density at radius 2 is 1.47 bits per heavy atom. The molecule has 1 aliphatic heterocycles. The molecule has 3 N–H and O–H groups in total. The zero-order chi connectivity index (χ0) is 32.5. The zero-order valence-electron chi connectivity index (χ0n) is 28.3. The summed E-state index contributed by atoms with van der Waals surface area (Å²) >= 11 is 0. The molecule has 0 fully saturated rings. The second-order valence-electron chi connectivity index (χ2n) is 13.7. The summed E-state index contributed by atoms with van der Waals surface area (Å²) < 4.78 is 0. The van der Waals surface area contributed by atoms with Gasteiger partial charge in [0.25, 0.3) is 0 Å². The number of hydrogen-bond donors (Lipinski definition) is 2. The third kappa shape index (κ3) is 19.5. The second-order valence-corrected chi connectivity index (χ2v) is 13.7. The summed E-state index contributed by atoms with van der Waals surface area (Å²) in [6, 6.07) is 8.26. The number of unbranched alkanes of at least 4 members (excludes halogenated alkanes) is 2. The zero-order valence-corrected chi connectivity index (χ0v) is 28.3. The summed E-state index contributed by atoms with van der Waals surface area (Å²) in [6.45, 7) is 40.6. The van der Waals surface area contributed by atoms with Gasteiger partial charge in [-0.05, 0) is 73.5 Å². The fraction of sp³-hybridized carbons (Fsp3) is 0.475. The van der Waals surface area contributed by atoms with E-state index in [1.54, 1.807) is 0 Å². The number of nitrogens with two attached hydrogens (primary N) is 1. The van der Waals surface area contributed by atoms with Gasteiger partial charge in [-0.1, -0.05) is 123 Å². The van der Waals surface area contributed by atoms with E-state index in [1.807, 2.05) is 18.3 Å². The summed E-state index contributed by atoms with van der Waals surface area (Å²) in [4.78, 5) is 4.68. The van der Waals surface area contributed by atoms with E-state index in [4.69, 9.17) is 5.73 Å². The summed E-state index contributed by atoms with van der Waals surface area (Å²) in [5, 5.41) is 3.46. The van der Waals surface area contributed by atoms with Crippen molar-refractivity contribution in [3.63, 3.8) is 0 Å². The Labute approximate surface area is 267 Å². The Kier molecular flexibility index (Phi) is 20.0. The molecule has 0 saturated carbocycles. The molecule has 3 heteroatoms. The number of nitrogens with zero attached hydrogens (tertiary/aromatic N) is 1. The predicted octanol–water partition coefficient (Wildman–Crippen LogP) is 11.5. The third-order valence-corrected chi connectivity index (χ3v) is 6.44. The minimum atomic E-state index is 0. The molecule has 1 aliphatic rings. The van der Waals surface area contributed by atoms with Gasteiger partial charge in [-0.15, -0.1) is 19.7 Å². The van der Waals surface area contributed by atoms with E-state index in [2.05, 4.69) is 129 Å². The van der Waals surface area contributed by atoms with Gasteiger partial charge in [0.1, 0.15) is 0 Å². The van der Waals surface area contributed by atoms with Crippen LogP contribution in [0.1, 0.15) is 112 Å². The number of hydrogen-bond acceptors (Lipinski definition) is 3. The highest BCUT2D eigenvalue weighted by Gasteiger charge is 2.17. The number of rotatable bonds is 13. The molecule has 0 bridgehead atoms. The monoisotopic (exact) mass is 588 g/mol. The first-order valence-corrected chi connectivity index (χ1v) is 15.2. The van der Waals surface area contributed by atoms with Crippen molar-refractivity contribution in [1.82, 2.24) is 5.32 Å². The van der Waals surface area contributed by atoms with Crippen molar-refractivity contribution in [3.05, 3.63) is 109 Å². The average Bonchev–Trinajstić information content (AvgIpc) is 3.24. The lowest BCUT2D eigenvalue weighted by Crippen LogP contribution is -2.18. The minimum Gasteiger partial charge on any atom is -0.399 e. The number of nitrogens with one attached hydrogen (secondary N) is 1. The topological polar surface area (TPSA) is 50.4 Å². The van der Waals surface area contributed by atoms with E-state index in [-0.39, 0.29) is 18.9 Å². The third-order valence-electron chi connectivity index (χ3n) is 6.44. The van der Waals surface area contributed by atoms with Gasteiger partial charge < -0.3 is 11.1 Å². The minimum absolute atomic E-state index is 0. The molecule has 0 amide bonds. The Morgan fingerprint density at radius 1 is 0.907 bits per heavy atom. The smallest absolute Gasteiger partial charge is 0.0900 e. The maximum Gasteiger partial charge on any atom is 0.0900 e. The summed E-state index contributed by atoms with van der Waals surface area (Å²) in [5.74, 6) is 0. The molecule has 43 heavy (non-hydrogen) atoms. The van der Waals surface area contributed by atoms with Crippen LogP contribution in [-0.4, -0.2) is 18.8 Å². The molecule has 1 heterocycles. The highest BCUT2D eigenvalue weighted by Crippen LogP contribution is 2.28. The molecule has 1 aromatic rings. The van der Waals surface area contributed by atoms with Gasteiger partial charge >= 0.3 is 0 Å². The highest BCUT2D eigenvalue weighted by molar-refractivity contribution is 6.13. The van der Waals surface area contributed by atoms with Crippen LogP contribution in [0.3, 0.4) is 0 Å². The number of aliphatic imine (C=N–C) groups is 1. The van der Waals surface area contributed by atoms with Crippen LogP contribution in [-0.2, 0) is 0 Å². The first-order chi connectivity index (χ1) is 19.5. The van der Waals surface area contributed by atoms with E-state index in [0.717, 1.165) is 61.0 Å². The van der Waals surface area contributed by atoms with Crippen LogP contribution in [0.2, 0.25) is 0 Å². The quantitative estimate of drug-likeness (QED) is 0.137. The molecule has 1 atom stereocenters. The Bertz CT molecular complexity index is 1110. The first kappa shape index (κ1) is 41.8. The van der Waals surface area contributed by atoms with Crippen molar-refractivity contribution in [2.45, 2.75) is 107 Å². The van der Waals surface area contributed by atoms with Crippen LogP contribution in [0.5, 0.6) is 0 Å². The van der Waals surface area contributed by atoms with Crippen LogP contribution >= 0.6 is 0 Å². The Hall–Kier alpha value is -3.33. The van der Waals surface area contributed by atoms with E-state index < -0.39 is 0 Å². The fourth-order valence-corrected chi connectivity index (χ4v) is 4.73. The van der Waals surface area contributed by atoms with Crippen LogP contribution in [0.15, 0.2) is 103 Å². The van der Waals surface area contributed by atoms with Crippen molar-refractivity contribution in [2.75, 3.05) is 6.54 Å². The summed E-state index contributed by atoms with van der Waals surface area (Å²) in [6.07, 6.45) is 13.0. The molecule has 240 valence electrons. The van der Waals surface area contributed by atoms with E-state index in [0.29, 0.717) is 11.1 Å². The van der Waals surface area contributed by atoms with Gasteiger partial charge in [0.05, 0.1) is 6.04 Å². The van der Waals surface area contributed by atoms with Crippen LogP contribution < -0.4 is 11.1 Å². The lowest BCUT2D eigenvalue weighted by molar-refractivity contribution is 0.398. The van der Waals surface area contributed by atoms with Crippen molar-refractivity contribution in [1.29, 1.82) is 0 Å². The van der Waals surface area contributed by atoms with E-state index in [9.17, 15) is 0 Å². The predicted molar refractivity (Wildman–Crippen MR) is 199 cm³/mol. The van der Waals surface area contributed by atoms with E-state index >= 15 is 0 Å². The van der Waals surface area contributed by atoms with Gasteiger partial charge in [-0.3, -0.25) is 4.99 Å². The van der Waals surface area contributed by atoms with Gasteiger partial charge in [0.15, 0.2) is 0 Å². The van der Waals surface area contributed by atoms with Gasteiger partial charge in [0, 0.05) is 29.7 Å². The summed E-state index contributed by atoms with van der Waals surface area (Å²) in [5.41, 5.74) is 15.2. The molecule has 0 spiro atoms. The van der Waals surface area contributed by atoms with E-state index in [1.165, 1.54) is 23.1 Å². The molecule has 3 nitrogen and oxygen atoms in total. The average molecular weight is 588 g/mol. The molecule has 0 aromatic heterocycles. The maximum atomic E-state index is 5.77. The molecular weight excluding hydrogens is 522 g/mol. The van der Waals surface area contributed by atoms with Gasteiger partial charge in [-0.25, -0.2) is 0 Å².